The van der Waals surface area contributed by atoms with Crippen LogP contribution >= 0.6 is 11.6 Å². The SMILES string of the molecule is C=CCN(C)CCCCC1CCC(CNC(=O)Oc2ccc(Cl)cc2)CC1. The van der Waals surface area contributed by atoms with E-state index in [9.17, 15) is 4.79 Å². The molecular weight excluding hydrogens is 360 g/mol. The van der Waals surface area contributed by atoms with Gasteiger partial charge in [-0.05, 0) is 69.0 Å². The van der Waals surface area contributed by atoms with Crippen LogP contribution in [0.1, 0.15) is 44.9 Å². The zero-order chi connectivity index (χ0) is 19.5. The fourth-order valence-corrected chi connectivity index (χ4v) is 3.85. The molecule has 1 aromatic rings. The molecule has 5 heteroatoms. The van der Waals surface area contributed by atoms with Gasteiger partial charge in [0.2, 0.25) is 0 Å². The summed E-state index contributed by atoms with van der Waals surface area (Å²) in [5, 5.41) is 3.53. The standard InChI is InChI=1S/C22H33ClN2O2/c1-3-15-25(2)16-5-4-6-18-7-9-19(10-8-18)17-24-22(26)27-21-13-11-20(23)12-14-21/h3,11-14,18-19H,1,4-10,15-17H2,2H3,(H,24,26). The van der Waals surface area contributed by atoms with E-state index in [1.807, 2.05) is 6.08 Å². The van der Waals surface area contributed by atoms with Crippen molar-refractivity contribution in [3.05, 3.63) is 41.9 Å². The van der Waals surface area contributed by atoms with Gasteiger partial charge in [0, 0.05) is 18.1 Å². The number of benzene rings is 1. The van der Waals surface area contributed by atoms with Gasteiger partial charge in [0.15, 0.2) is 0 Å². The molecule has 1 N–H and O–H groups in total. The zero-order valence-corrected chi connectivity index (χ0v) is 17.2. The fourth-order valence-electron chi connectivity index (χ4n) is 3.72. The fraction of sp³-hybridized carbons (Fsp3) is 0.591. The largest absolute Gasteiger partial charge is 0.412 e. The molecule has 2 rings (SSSR count). The van der Waals surface area contributed by atoms with Gasteiger partial charge in [0.05, 0.1) is 0 Å². The Bertz CT molecular complexity index is 568. The molecule has 1 aliphatic rings. The Morgan fingerprint density at radius 3 is 2.56 bits per heavy atom. The predicted octanol–water partition coefficient (Wildman–Crippen LogP) is 5.52. The Morgan fingerprint density at radius 1 is 1.22 bits per heavy atom. The highest BCUT2D eigenvalue weighted by molar-refractivity contribution is 6.30. The van der Waals surface area contributed by atoms with E-state index in [-0.39, 0.29) is 6.09 Å². The van der Waals surface area contributed by atoms with E-state index in [0.29, 0.717) is 23.2 Å². The molecule has 4 nitrogen and oxygen atoms in total. The van der Waals surface area contributed by atoms with E-state index in [4.69, 9.17) is 16.3 Å². The second kappa shape index (κ2) is 12.0. The molecule has 1 amide bonds. The van der Waals surface area contributed by atoms with Crippen molar-refractivity contribution in [1.82, 2.24) is 10.2 Å². The Balaban J connectivity index is 1.54. The number of halogens is 1. The number of ether oxygens (including phenoxy) is 1. The maximum atomic E-state index is 11.9. The van der Waals surface area contributed by atoms with Crippen LogP contribution < -0.4 is 10.1 Å². The molecule has 0 aromatic heterocycles. The van der Waals surface area contributed by atoms with Gasteiger partial charge in [-0.15, -0.1) is 6.58 Å². The minimum absolute atomic E-state index is 0.386. The van der Waals surface area contributed by atoms with Crippen LogP contribution in [0.5, 0.6) is 5.75 Å². The third kappa shape index (κ3) is 8.81. The quantitative estimate of drug-likeness (QED) is 0.421. The Morgan fingerprint density at radius 2 is 1.89 bits per heavy atom. The summed E-state index contributed by atoms with van der Waals surface area (Å²) in [6, 6.07) is 6.82. The lowest BCUT2D eigenvalue weighted by Crippen LogP contribution is -2.33. The number of hydrogen-bond acceptors (Lipinski definition) is 3. The summed E-state index contributed by atoms with van der Waals surface area (Å²) in [7, 11) is 2.15. The molecule has 0 spiro atoms. The van der Waals surface area contributed by atoms with Gasteiger partial charge in [-0.2, -0.15) is 0 Å². The minimum atomic E-state index is -0.386. The number of rotatable bonds is 10. The highest BCUT2D eigenvalue weighted by Gasteiger charge is 2.21. The van der Waals surface area contributed by atoms with Crippen LogP contribution in [0.15, 0.2) is 36.9 Å². The molecular formula is C22H33ClN2O2. The topological polar surface area (TPSA) is 41.6 Å². The lowest BCUT2D eigenvalue weighted by atomic mass is 9.80. The van der Waals surface area contributed by atoms with Crippen molar-refractivity contribution in [2.75, 3.05) is 26.7 Å². The van der Waals surface area contributed by atoms with Crippen molar-refractivity contribution in [2.24, 2.45) is 11.8 Å². The first kappa shape index (κ1) is 21.8. The lowest BCUT2D eigenvalue weighted by Gasteiger charge is -2.28. The maximum Gasteiger partial charge on any atom is 0.412 e. The maximum absolute atomic E-state index is 11.9. The lowest BCUT2D eigenvalue weighted by molar-refractivity contribution is 0.192. The molecule has 1 saturated carbocycles. The van der Waals surface area contributed by atoms with Crippen molar-refractivity contribution in [2.45, 2.75) is 44.9 Å². The van der Waals surface area contributed by atoms with Crippen molar-refractivity contribution in [3.63, 3.8) is 0 Å². The van der Waals surface area contributed by atoms with E-state index >= 15 is 0 Å². The van der Waals surface area contributed by atoms with Gasteiger partial charge >= 0.3 is 6.09 Å². The van der Waals surface area contributed by atoms with Crippen LogP contribution in [0.2, 0.25) is 5.02 Å². The molecule has 150 valence electrons. The third-order valence-electron chi connectivity index (χ3n) is 5.37. The summed E-state index contributed by atoms with van der Waals surface area (Å²) < 4.78 is 5.26. The monoisotopic (exact) mass is 392 g/mol. The first-order chi connectivity index (χ1) is 13.1. The molecule has 0 radical (unpaired) electrons. The normalized spacial score (nSPS) is 19.7. The minimum Gasteiger partial charge on any atom is -0.410 e. The molecule has 0 aliphatic heterocycles. The number of nitrogens with one attached hydrogen (secondary N) is 1. The van der Waals surface area contributed by atoms with Crippen LogP contribution in [0, 0.1) is 11.8 Å². The summed E-state index contributed by atoms with van der Waals surface area (Å²) >= 11 is 5.83. The first-order valence-corrected chi connectivity index (χ1v) is 10.4. The van der Waals surface area contributed by atoms with Crippen molar-refractivity contribution in [1.29, 1.82) is 0 Å². The van der Waals surface area contributed by atoms with E-state index in [1.165, 1.54) is 44.9 Å². The number of hydrogen-bond donors (Lipinski definition) is 1. The number of carbonyl (C=O) groups is 1. The number of likely N-dealkylation sites (N-methyl/N-ethyl adjacent to an activating group) is 1. The van der Waals surface area contributed by atoms with Crippen LogP contribution in [0.4, 0.5) is 4.79 Å². The number of unbranched alkanes of at least 4 members (excludes halogenated alkanes) is 1. The van der Waals surface area contributed by atoms with E-state index in [0.717, 1.165) is 19.0 Å². The van der Waals surface area contributed by atoms with Gasteiger partial charge in [-0.3, -0.25) is 0 Å². The molecule has 1 aliphatic carbocycles. The molecule has 0 bridgehead atoms. The summed E-state index contributed by atoms with van der Waals surface area (Å²) in [4.78, 5) is 14.2. The number of nitrogens with zero attached hydrogens (tertiary/aromatic N) is 1. The highest BCUT2D eigenvalue weighted by atomic mass is 35.5. The van der Waals surface area contributed by atoms with Crippen molar-refractivity contribution >= 4 is 17.7 Å². The van der Waals surface area contributed by atoms with Gasteiger partial charge in [-0.25, -0.2) is 4.79 Å². The summed E-state index contributed by atoms with van der Waals surface area (Å²) in [6.07, 6.45) is 10.4. The molecule has 0 unspecified atom stereocenters. The summed E-state index contributed by atoms with van der Waals surface area (Å²) in [5.74, 6) is 1.93. The second-order valence-electron chi connectivity index (χ2n) is 7.66. The van der Waals surface area contributed by atoms with Crippen LogP contribution in [-0.4, -0.2) is 37.7 Å². The Kier molecular flexibility index (Phi) is 9.71. The van der Waals surface area contributed by atoms with E-state index < -0.39 is 0 Å². The average molecular weight is 393 g/mol. The van der Waals surface area contributed by atoms with Gasteiger partial charge in [-0.1, -0.05) is 43.4 Å². The molecule has 0 heterocycles. The molecule has 0 saturated heterocycles. The van der Waals surface area contributed by atoms with Crippen LogP contribution in [0.3, 0.4) is 0 Å². The second-order valence-corrected chi connectivity index (χ2v) is 8.09. The van der Waals surface area contributed by atoms with E-state index in [1.54, 1.807) is 24.3 Å². The summed E-state index contributed by atoms with van der Waals surface area (Å²) in [5.41, 5.74) is 0. The molecule has 0 atom stereocenters. The van der Waals surface area contributed by atoms with Gasteiger partial charge < -0.3 is 15.0 Å². The van der Waals surface area contributed by atoms with Crippen molar-refractivity contribution in [3.8, 4) is 5.75 Å². The predicted molar refractivity (Wildman–Crippen MR) is 112 cm³/mol. The van der Waals surface area contributed by atoms with Gasteiger partial charge in [0.25, 0.3) is 0 Å². The highest BCUT2D eigenvalue weighted by Crippen LogP contribution is 2.31. The average Bonchev–Trinajstić information content (AvgIpc) is 2.66. The zero-order valence-electron chi connectivity index (χ0n) is 16.5. The van der Waals surface area contributed by atoms with E-state index in [2.05, 4.69) is 23.8 Å². The van der Waals surface area contributed by atoms with Crippen LogP contribution in [0.25, 0.3) is 0 Å². The first-order valence-electron chi connectivity index (χ1n) is 10.1. The number of amides is 1. The third-order valence-corrected chi connectivity index (χ3v) is 5.62. The Labute approximate surface area is 168 Å². The number of carbonyl (C=O) groups excluding carboxylic acids is 1. The molecule has 1 aromatic carbocycles. The van der Waals surface area contributed by atoms with Gasteiger partial charge in [0.1, 0.15) is 5.75 Å². The Hall–Kier alpha value is -1.52. The molecule has 27 heavy (non-hydrogen) atoms. The van der Waals surface area contributed by atoms with Crippen LogP contribution in [-0.2, 0) is 0 Å². The molecule has 1 fully saturated rings. The summed E-state index contributed by atoms with van der Waals surface area (Å²) in [6.45, 7) is 6.60. The smallest absolute Gasteiger partial charge is 0.410 e. The van der Waals surface area contributed by atoms with Crippen molar-refractivity contribution < 1.29 is 9.53 Å².